The SMILES string of the molecule is CCN(Cc1ccc(Br)s1)C(=O)C1COCC1N. The smallest absolute Gasteiger partial charge is 0.229 e. The second kappa shape index (κ2) is 6.14. The quantitative estimate of drug-likeness (QED) is 0.915. The molecule has 100 valence electrons. The molecule has 0 bridgehead atoms. The largest absolute Gasteiger partial charge is 0.379 e. The Kier molecular flexibility index (Phi) is 4.77. The fraction of sp³-hybridized carbons (Fsp3) is 0.583. The van der Waals surface area contributed by atoms with Gasteiger partial charge in [0.2, 0.25) is 5.91 Å². The van der Waals surface area contributed by atoms with Crippen molar-refractivity contribution in [3.63, 3.8) is 0 Å². The summed E-state index contributed by atoms with van der Waals surface area (Å²) in [4.78, 5) is 15.4. The van der Waals surface area contributed by atoms with E-state index in [9.17, 15) is 4.79 Å². The zero-order valence-corrected chi connectivity index (χ0v) is 12.7. The summed E-state index contributed by atoms with van der Waals surface area (Å²) in [5, 5.41) is 0. The zero-order chi connectivity index (χ0) is 13.1. The first kappa shape index (κ1) is 14.0. The number of thiophene rings is 1. The van der Waals surface area contributed by atoms with E-state index >= 15 is 0 Å². The fourth-order valence-electron chi connectivity index (χ4n) is 2.03. The highest BCUT2D eigenvalue weighted by Gasteiger charge is 2.33. The fourth-order valence-corrected chi connectivity index (χ4v) is 3.53. The summed E-state index contributed by atoms with van der Waals surface area (Å²) < 4.78 is 6.35. The van der Waals surface area contributed by atoms with Crippen LogP contribution in [0.15, 0.2) is 15.9 Å². The van der Waals surface area contributed by atoms with Crippen molar-refractivity contribution >= 4 is 33.2 Å². The van der Waals surface area contributed by atoms with Gasteiger partial charge in [0, 0.05) is 17.5 Å². The Morgan fingerprint density at radius 2 is 2.39 bits per heavy atom. The summed E-state index contributed by atoms with van der Waals surface area (Å²) in [6.45, 7) is 4.26. The average Bonchev–Trinajstić information content (AvgIpc) is 2.94. The standard InChI is InChI=1S/C12H17BrN2O2S/c1-2-15(5-8-3-4-11(13)18-8)12(16)9-6-17-7-10(9)14/h3-4,9-10H,2,5-7,14H2,1H3. The van der Waals surface area contributed by atoms with Crippen LogP contribution >= 0.6 is 27.3 Å². The third-order valence-electron chi connectivity index (χ3n) is 3.11. The van der Waals surface area contributed by atoms with Crippen molar-refractivity contribution in [3.8, 4) is 0 Å². The Morgan fingerprint density at radius 3 is 2.89 bits per heavy atom. The monoisotopic (exact) mass is 332 g/mol. The predicted octanol–water partition coefficient (Wildman–Crippen LogP) is 1.83. The normalized spacial score (nSPS) is 23.3. The number of hydrogen-bond acceptors (Lipinski definition) is 4. The maximum absolute atomic E-state index is 12.4. The minimum absolute atomic E-state index is 0.104. The van der Waals surface area contributed by atoms with Gasteiger partial charge in [-0.1, -0.05) is 0 Å². The molecule has 2 atom stereocenters. The molecule has 0 radical (unpaired) electrons. The van der Waals surface area contributed by atoms with Gasteiger partial charge in [0.05, 0.1) is 29.5 Å². The molecule has 1 fully saturated rings. The summed E-state index contributed by atoms with van der Waals surface area (Å²) in [7, 11) is 0. The molecule has 6 heteroatoms. The van der Waals surface area contributed by atoms with Gasteiger partial charge in [-0.3, -0.25) is 4.79 Å². The summed E-state index contributed by atoms with van der Waals surface area (Å²) in [6, 6.07) is 3.88. The van der Waals surface area contributed by atoms with E-state index in [-0.39, 0.29) is 17.9 Å². The molecule has 2 unspecified atom stereocenters. The van der Waals surface area contributed by atoms with E-state index in [1.165, 1.54) is 4.88 Å². The number of hydrogen-bond donors (Lipinski definition) is 1. The minimum atomic E-state index is -0.187. The van der Waals surface area contributed by atoms with Crippen molar-refractivity contribution in [3.05, 3.63) is 20.8 Å². The van der Waals surface area contributed by atoms with E-state index in [1.54, 1.807) is 11.3 Å². The van der Waals surface area contributed by atoms with Crippen molar-refractivity contribution in [1.29, 1.82) is 0 Å². The highest BCUT2D eigenvalue weighted by molar-refractivity contribution is 9.11. The summed E-state index contributed by atoms with van der Waals surface area (Å²) >= 11 is 5.08. The first-order valence-corrected chi connectivity index (χ1v) is 7.59. The van der Waals surface area contributed by atoms with Crippen LogP contribution in [0.3, 0.4) is 0 Å². The van der Waals surface area contributed by atoms with Crippen molar-refractivity contribution < 1.29 is 9.53 Å². The molecule has 4 nitrogen and oxygen atoms in total. The van der Waals surface area contributed by atoms with Gasteiger partial charge in [0.25, 0.3) is 0 Å². The summed E-state index contributed by atoms with van der Waals surface area (Å²) in [5.74, 6) is -0.0830. The Hall–Kier alpha value is -0.430. The molecule has 1 aromatic rings. The van der Waals surface area contributed by atoms with Gasteiger partial charge < -0.3 is 15.4 Å². The Balaban J connectivity index is 2.01. The van der Waals surface area contributed by atoms with Crippen LogP contribution in [0.4, 0.5) is 0 Å². The lowest BCUT2D eigenvalue weighted by atomic mass is 10.0. The maximum atomic E-state index is 12.4. The van der Waals surface area contributed by atoms with Gasteiger partial charge in [0.15, 0.2) is 0 Å². The molecule has 0 spiro atoms. The molecular weight excluding hydrogens is 316 g/mol. The number of ether oxygens (including phenoxy) is 1. The van der Waals surface area contributed by atoms with Crippen LogP contribution in [0.2, 0.25) is 0 Å². The highest BCUT2D eigenvalue weighted by atomic mass is 79.9. The van der Waals surface area contributed by atoms with E-state index in [4.69, 9.17) is 10.5 Å². The van der Waals surface area contributed by atoms with Crippen LogP contribution in [-0.4, -0.2) is 36.6 Å². The Labute approximate surface area is 119 Å². The van der Waals surface area contributed by atoms with Gasteiger partial charge in [-0.15, -0.1) is 11.3 Å². The van der Waals surface area contributed by atoms with E-state index in [0.29, 0.717) is 26.3 Å². The van der Waals surface area contributed by atoms with Gasteiger partial charge in [-0.25, -0.2) is 0 Å². The first-order chi connectivity index (χ1) is 8.61. The first-order valence-electron chi connectivity index (χ1n) is 5.98. The van der Waals surface area contributed by atoms with Crippen LogP contribution in [0, 0.1) is 5.92 Å². The molecule has 1 saturated heterocycles. The second-order valence-corrected chi connectivity index (χ2v) is 6.91. The predicted molar refractivity (Wildman–Crippen MR) is 75.4 cm³/mol. The zero-order valence-electron chi connectivity index (χ0n) is 10.3. The van der Waals surface area contributed by atoms with Crippen molar-refractivity contribution in [2.75, 3.05) is 19.8 Å². The molecule has 2 N–H and O–H groups in total. The van der Waals surface area contributed by atoms with Crippen molar-refractivity contribution in [2.24, 2.45) is 11.7 Å². The molecule has 1 aliphatic heterocycles. The van der Waals surface area contributed by atoms with Crippen LogP contribution in [-0.2, 0) is 16.1 Å². The van der Waals surface area contributed by atoms with Gasteiger partial charge in [-0.05, 0) is 35.0 Å². The van der Waals surface area contributed by atoms with E-state index in [1.807, 2.05) is 24.0 Å². The molecule has 18 heavy (non-hydrogen) atoms. The number of nitrogens with two attached hydrogens (primary N) is 1. The van der Waals surface area contributed by atoms with E-state index < -0.39 is 0 Å². The van der Waals surface area contributed by atoms with Crippen LogP contribution in [0.1, 0.15) is 11.8 Å². The molecule has 0 aromatic carbocycles. The lowest BCUT2D eigenvalue weighted by molar-refractivity contribution is -0.136. The van der Waals surface area contributed by atoms with Crippen LogP contribution in [0.25, 0.3) is 0 Å². The Bertz CT molecular complexity index is 424. The highest BCUT2D eigenvalue weighted by Crippen LogP contribution is 2.24. The summed E-state index contributed by atoms with van der Waals surface area (Å²) in [5.41, 5.74) is 5.89. The molecule has 2 heterocycles. The summed E-state index contributed by atoms with van der Waals surface area (Å²) in [6.07, 6.45) is 0. The molecule has 2 rings (SSSR count). The molecule has 0 aliphatic carbocycles. The molecular formula is C12H17BrN2O2S. The number of amides is 1. The van der Waals surface area contributed by atoms with Gasteiger partial charge in [-0.2, -0.15) is 0 Å². The topological polar surface area (TPSA) is 55.6 Å². The minimum Gasteiger partial charge on any atom is -0.379 e. The van der Waals surface area contributed by atoms with Crippen molar-refractivity contribution in [1.82, 2.24) is 4.90 Å². The third kappa shape index (κ3) is 3.12. The number of carbonyl (C=O) groups is 1. The molecule has 1 aromatic heterocycles. The number of halogens is 1. The Morgan fingerprint density at radius 1 is 1.61 bits per heavy atom. The number of carbonyl (C=O) groups excluding carboxylic acids is 1. The third-order valence-corrected chi connectivity index (χ3v) is 4.72. The van der Waals surface area contributed by atoms with E-state index in [2.05, 4.69) is 15.9 Å². The second-order valence-electron chi connectivity index (χ2n) is 4.37. The van der Waals surface area contributed by atoms with Gasteiger partial charge in [0.1, 0.15) is 0 Å². The molecule has 0 saturated carbocycles. The van der Waals surface area contributed by atoms with Gasteiger partial charge >= 0.3 is 0 Å². The van der Waals surface area contributed by atoms with Crippen LogP contribution < -0.4 is 5.73 Å². The lowest BCUT2D eigenvalue weighted by Crippen LogP contribution is -2.43. The molecule has 1 amide bonds. The molecule has 1 aliphatic rings. The average molecular weight is 333 g/mol. The van der Waals surface area contributed by atoms with Crippen molar-refractivity contribution in [2.45, 2.75) is 19.5 Å². The number of rotatable bonds is 4. The van der Waals surface area contributed by atoms with Crippen LogP contribution in [0.5, 0.6) is 0 Å². The van der Waals surface area contributed by atoms with E-state index in [0.717, 1.165) is 3.79 Å². The number of nitrogens with zero attached hydrogens (tertiary/aromatic N) is 1. The maximum Gasteiger partial charge on any atom is 0.229 e. The lowest BCUT2D eigenvalue weighted by Gasteiger charge is -2.24.